The second kappa shape index (κ2) is 10.1. The van der Waals surface area contributed by atoms with Gasteiger partial charge in [0.05, 0.1) is 32.4 Å². The fraction of sp³-hybridized carbons (Fsp3) is 0.222. The molecule has 206 valence electrons. The Morgan fingerprint density at radius 2 is 1.73 bits per heavy atom. The van der Waals surface area contributed by atoms with Gasteiger partial charge in [-0.2, -0.15) is 5.10 Å². The summed E-state index contributed by atoms with van der Waals surface area (Å²) in [6.45, 7) is 0. The smallest absolute Gasteiger partial charge is 0.270 e. The highest BCUT2D eigenvalue weighted by atomic mass is 32.2. The molecular weight excluding hydrogens is 536 g/mol. The fourth-order valence-corrected chi connectivity index (χ4v) is 5.79. The minimum atomic E-state index is -4.25. The largest absolute Gasteiger partial charge is 0.495 e. The van der Waals surface area contributed by atoms with Crippen molar-refractivity contribution in [2.45, 2.75) is 23.7 Å². The molecule has 12 nitrogen and oxygen atoms in total. The molecule has 1 aliphatic carbocycles. The molecule has 0 saturated heterocycles. The molecule has 1 fully saturated rings. The normalized spacial score (nSPS) is 13.3. The van der Waals surface area contributed by atoms with Crippen LogP contribution in [-0.4, -0.2) is 50.1 Å². The van der Waals surface area contributed by atoms with Crippen molar-refractivity contribution in [2.24, 2.45) is 0 Å². The van der Waals surface area contributed by atoms with Gasteiger partial charge in [0.2, 0.25) is 0 Å². The molecule has 0 atom stereocenters. The van der Waals surface area contributed by atoms with Crippen LogP contribution in [0, 0.1) is 0 Å². The molecular formula is C27H26N6O6S. The van der Waals surface area contributed by atoms with Crippen LogP contribution in [0.5, 0.6) is 17.2 Å². The number of aromatic nitrogens is 4. The van der Waals surface area contributed by atoms with Gasteiger partial charge in [0.15, 0.2) is 22.1 Å². The van der Waals surface area contributed by atoms with E-state index in [1.807, 2.05) is 12.1 Å². The number of ether oxygens (including phenoxy) is 3. The number of benzene rings is 2. The summed E-state index contributed by atoms with van der Waals surface area (Å²) in [5.41, 5.74) is 3.46. The summed E-state index contributed by atoms with van der Waals surface area (Å²) < 4.78 is 51.8. The number of nitrogens with one attached hydrogen (secondary N) is 3. The average Bonchev–Trinajstić information content (AvgIpc) is 3.61. The number of nitrogens with zero attached hydrogens (tertiary/aromatic N) is 3. The van der Waals surface area contributed by atoms with Gasteiger partial charge in [-0.25, -0.2) is 8.42 Å². The van der Waals surface area contributed by atoms with E-state index in [1.54, 1.807) is 42.7 Å². The zero-order chi connectivity index (χ0) is 27.9. The summed E-state index contributed by atoms with van der Waals surface area (Å²) in [6, 6.07) is 12.1. The van der Waals surface area contributed by atoms with Crippen molar-refractivity contribution in [3.8, 4) is 28.4 Å². The Labute approximate surface area is 229 Å². The van der Waals surface area contributed by atoms with E-state index in [2.05, 4.69) is 30.4 Å². The Kier molecular flexibility index (Phi) is 6.42. The summed E-state index contributed by atoms with van der Waals surface area (Å²) in [5.74, 6) is 1.77. The van der Waals surface area contributed by atoms with Gasteiger partial charge in [0, 0.05) is 41.7 Å². The topological polar surface area (TPSA) is 153 Å². The molecule has 5 aromatic rings. The molecule has 0 bridgehead atoms. The van der Waals surface area contributed by atoms with Gasteiger partial charge < -0.3 is 24.1 Å². The van der Waals surface area contributed by atoms with Crippen LogP contribution in [0.3, 0.4) is 0 Å². The third-order valence-corrected chi connectivity index (χ3v) is 8.03. The van der Waals surface area contributed by atoms with Crippen LogP contribution < -0.4 is 24.2 Å². The zero-order valence-corrected chi connectivity index (χ0v) is 22.7. The zero-order valence-electron chi connectivity index (χ0n) is 21.9. The molecule has 0 spiro atoms. The Bertz CT molecular complexity index is 1770. The predicted molar refractivity (Wildman–Crippen MR) is 148 cm³/mol. The van der Waals surface area contributed by atoms with E-state index >= 15 is 0 Å². The van der Waals surface area contributed by atoms with Crippen LogP contribution in [0.25, 0.3) is 22.1 Å². The molecule has 0 aliphatic heterocycles. The summed E-state index contributed by atoms with van der Waals surface area (Å²) in [6.07, 6.45) is 5.62. The van der Waals surface area contributed by atoms with Crippen LogP contribution in [0.15, 0.2) is 64.3 Å². The highest BCUT2D eigenvalue weighted by molar-refractivity contribution is 7.93. The number of hydrogen-bond acceptors (Lipinski definition) is 10. The third-order valence-electron chi connectivity index (χ3n) is 6.62. The molecule has 0 radical (unpaired) electrons. The fourth-order valence-electron chi connectivity index (χ4n) is 4.47. The van der Waals surface area contributed by atoms with E-state index in [0.717, 1.165) is 24.1 Å². The van der Waals surface area contributed by atoms with Gasteiger partial charge in [0.25, 0.3) is 10.0 Å². The minimum absolute atomic E-state index is 0.0175. The molecule has 40 heavy (non-hydrogen) atoms. The summed E-state index contributed by atoms with van der Waals surface area (Å²) >= 11 is 0. The van der Waals surface area contributed by atoms with Gasteiger partial charge >= 0.3 is 0 Å². The lowest BCUT2D eigenvalue weighted by molar-refractivity contribution is 0.374. The Hall–Kier alpha value is -4.78. The molecule has 3 heterocycles. The van der Waals surface area contributed by atoms with Crippen LogP contribution in [0.4, 0.5) is 17.3 Å². The van der Waals surface area contributed by atoms with E-state index in [1.165, 1.54) is 21.3 Å². The minimum Gasteiger partial charge on any atom is -0.495 e. The number of hydrogen-bond donors (Lipinski definition) is 3. The predicted octanol–water partition coefficient (Wildman–Crippen LogP) is 5.06. The first-order valence-corrected chi connectivity index (χ1v) is 13.9. The first kappa shape index (κ1) is 25.5. The molecule has 6 rings (SSSR count). The second-order valence-corrected chi connectivity index (χ2v) is 10.9. The highest BCUT2D eigenvalue weighted by Gasteiger charge is 2.29. The maximum absolute atomic E-state index is 13.7. The van der Waals surface area contributed by atoms with Gasteiger partial charge in [-0.05, 0) is 42.7 Å². The van der Waals surface area contributed by atoms with E-state index in [-0.39, 0.29) is 22.2 Å². The molecule has 3 aromatic heterocycles. The molecule has 1 saturated carbocycles. The van der Waals surface area contributed by atoms with Crippen molar-refractivity contribution in [3.63, 3.8) is 0 Å². The molecule has 3 N–H and O–H groups in total. The van der Waals surface area contributed by atoms with Crippen molar-refractivity contribution < 1.29 is 27.2 Å². The number of pyridine rings is 1. The molecule has 1 aliphatic rings. The van der Waals surface area contributed by atoms with Crippen molar-refractivity contribution in [3.05, 3.63) is 60.6 Å². The Morgan fingerprint density at radius 1 is 0.975 bits per heavy atom. The number of sulfonamides is 1. The number of anilines is 3. The maximum atomic E-state index is 13.7. The van der Waals surface area contributed by atoms with E-state index < -0.39 is 10.0 Å². The van der Waals surface area contributed by atoms with Crippen LogP contribution >= 0.6 is 0 Å². The highest BCUT2D eigenvalue weighted by Crippen LogP contribution is 2.42. The van der Waals surface area contributed by atoms with E-state index in [0.29, 0.717) is 39.7 Å². The van der Waals surface area contributed by atoms with Crippen molar-refractivity contribution in [1.29, 1.82) is 0 Å². The number of fused-ring (bicyclic) bond motifs is 1. The molecule has 0 unspecified atom stereocenters. The van der Waals surface area contributed by atoms with Gasteiger partial charge in [-0.15, -0.1) is 0 Å². The van der Waals surface area contributed by atoms with Gasteiger partial charge in [-0.3, -0.25) is 14.8 Å². The van der Waals surface area contributed by atoms with Crippen molar-refractivity contribution >= 4 is 38.3 Å². The number of aromatic amines is 1. The quantitative estimate of drug-likeness (QED) is 0.210. The monoisotopic (exact) mass is 562 g/mol. The first-order valence-electron chi connectivity index (χ1n) is 12.4. The van der Waals surface area contributed by atoms with Crippen LogP contribution in [0.2, 0.25) is 0 Å². The number of H-pyrrole nitrogens is 1. The lowest BCUT2D eigenvalue weighted by Gasteiger charge is -2.16. The standard InChI is InChI=1S/C27H26N6O6S/c1-36-22-11-18-21(12-20(22)29-25-13-19(30-31-25)15-6-7-15)39-32-27(18)33-40(34,35)26-23(37-2)9-17(10-24(26)38-3)16-5-4-8-28-14-16/h4-5,8-15H,6-7H2,1-3H3,(H,32,33)(H2,29,30,31). The average molecular weight is 563 g/mol. The lowest BCUT2D eigenvalue weighted by Crippen LogP contribution is -2.16. The SMILES string of the molecule is COc1cc2c(NS(=O)(=O)c3c(OC)cc(-c4cccnc4)cc3OC)noc2cc1Nc1cc(C2CC2)[nH]n1. The second-order valence-electron chi connectivity index (χ2n) is 9.24. The Morgan fingerprint density at radius 3 is 2.38 bits per heavy atom. The third kappa shape index (κ3) is 4.75. The van der Waals surface area contributed by atoms with Crippen molar-refractivity contribution in [1.82, 2.24) is 20.3 Å². The summed E-state index contributed by atoms with van der Waals surface area (Å²) in [7, 11) is 0.0468. The lowest BCUT2D eigenvalue weighted by atomic mass is 10.1. The van der Waals surface area contributed by atoms with E-state index in [4.69, 9.17) is 18.7 Å². The summed E-state index contributed by atoms with van der Waals surface area (Å²) in [5, 5.41) is 15.0. The van der Waals surface area contributed by atoms with E-state index in [9.17, 15) is 8.42 Å². The molecule has 13 heteroatoms. The molecule has 2 aromatic carbocycles. The van der Waals surface area contributed by atoms with Gasteiger partial charge in [0.1, 0.15) is 17.2 Å². The first-order chi connectivity index (χ1) is 19.4. The molecule has 0 amide bonds. The maximum Gasteiger partial charge on any atom is 0.270 e. The number of rotatable bonds is 10. The Balaban J connectivity index is 1.34. The van der Waals surface area contributed by atoms with Crippen LogP contribution in [0.1, 0.15) is 24.5 Å². The van der Waals surface area contributed by atoms with Gasteiger partial charge in [-0.1, -0.05) is 11.2 Å². The van der Waals surface area contributed by atoms with Crippen molar-refractivity contribution in [2.75, 3.05) is 31.4 Å². The summed E-state index contributed by atoms with van der Waals surface area (Å²) in [4.78, 5) is 3.94. The number of methoxy groups -OCH3 is 3. The van der Waals surface area contributed by atoms with Crippen LogP contribution in [-0.2, 0) is 10.0 Å².